The highest BCUT2D eigenvalue weighted by Gasteiger charge is 2.15. The Morgan fingerprint density at radius 2 is 0.909 bits per heavy atom. The lowest BCUT2D eigenvalue weighted by atomic mass is 9.86. The Bertz CT molecular complexity index is 1220. The van der Waals surface area contributed by atoms with Crippen molar-refractivity contribution in [3.8, 4) is 28.7 Å². The second-order valence-corrected chi connectivity index (χ2v) is 8.85. The van der Waals surface area contributed by atoms with Gasteiger partial charge in [0.15, 0.2) is 5.78 Å². The number of carbonyl (C=O) groups excluding carboxylic acids is 1. The molecule has 0 aliphatic rings. The van der Waals surface area contributed by atoms with Crippen LogP contribution in [0, 0.1) is 0 Å². The lowest BCUT2D eigenvalue weighted by Gasteiger charge is -2.19. The molecule has 1 N–H and O–H groups in total. The van der Waals surface area contributed by atoms with Crippen LogP contribution in [0.4, 0.5) is 0 Å². The first kappa shape index (κ1) is 22.2. The molecular formula is C29H26O4. The Kier molecular flexibility index (Phi) is 6.18. The fourth-order valence-electron chi connectivity index (χ4n) is 3.32. The SMILES string of the molecule is CC(C)(C)c1ccc(C(=O)c2ccc(Oc3ccc(Oc4ccc(O)cc4)cc3)cc2)cc1. The molecule has 4 nitrogen and oxygen atoms in total. The van der Waals surface area contributed by atoms with E-state index >= 15 is 0 Å². The van der Waals surface area contributed by atoms with E-state index in [9.17, 15) is 9.90 Å². The van der Waals surface area contributed by atoms with E-state index in [-0.39, 0.29) is 16.9 Å². The first-order valence-electron chi connectivity index (χ1n) is 10.8. The minimum atomic E-state index is -0.0160. The number of hydrogen-bond acceptors (Lipinski definition) is 4. The number of hydrogen-bond donors (Lipinski definition) is 1. The van der Waals surface area contributed by atoms with Gasteiger partial charge in [-0.15, -0.1) is 0 Å². The van der Waals surface area contributed by atoms with Crippen LogP contribution < -0.4 is 9.47 Å². The smallest absolute Gasteiger partial charge is 0.193 e. The summed E-state index contributed by atoms with van der Waals surface area (Å²) in [5.41, 5.74) is 2.53. The van der Waals surface area contributed by atoms with Gasteiger partial charge in [-0.25, -0.2) is 0 Å². The quantitative estimate of drug-likeness (QED) is 0.317. The minimum Gasteiger partial charge on any atom is -0.508 e. The summed E-state index contributed by atoms with van der Waals surface area (Å²) in [5, 5.41) is 9.35. The molecule has 33 heavy (non-hydrogen) atoms. The largest absolute Gasteiger partial charge is 0.508 e. The summed E-state index contributed by atoms with van der Waals surface area (Å²) in [6.07, 6.45) is 0. The number of phenols is 1. The molecule has 4 aromatic rings. The molecule has 166 valence electrons. The zero-order valence-corrected chi connectivity index (χ0v) is 18.9. The summed E-state index contributed by atoms with van der Waals surface area (Å²) in [6.45, 7) is 6.45. The summed E-state index contributed by atoms with van der Waals surface area (Å²) < 4.78 is 11.6. The van der Waals surface area contributed by atoms with Gasteiger partial charge in [0, 0.05) is 11.1 Å². The maximum absolute atomic E-state index is 12.8. The number of phenolic OH excluding ortho intramolecular Hbond substituents is 1. The number of rotatable bonds is 6. The van der Waals surface area contributed by atoms with Gasteiger partial charge >= 0.3 is 0 Å². The highest BCUT2D eigenvalue weighted by molar-refractivity contribution is 6.09. The molecule has 4 rings (SSSR count). The van der Waals surface area contributed by atoms with Crippen LogP contribution in [0.3, 0.4) is 0 Å². The monoisotopic (exact) mass is 438 g/mol. The van der Waals surface area contributed by atoms with Crippen LogP contribution in [0.25, 0.3) is 0 Å². The van der Waals surface area contributed by atoms with Crippen molar-refractivity contribution in [2.24, 2.45) is 0 Å². The molecule has 0 aliphatic carbocycles. The molecule has 4 aromatic carbocycles. The van der Waals surface area contributed by atoms with Crippen LogP contribution in [0.15, 0.2) is 97.1 Å². The Hall–Kier alpha value is -4.05. The third-order valence-electron chi connectivity index (χ3n) is 5.26. The maximum Gasteiger partial charge on any atom is 0.193 e. The zero-order chi connectivity index (χ0) is 23.4. The standard InChI is InChI=1S/C29H26O4/c1-29(2,3)22-8-4-20(5-9-22)28(31)21-6-12-24(13-7-21)32-26-16-18-27(19-17-26)33-25-14-10-23(30)11-15-25/h4-19,30H,1-3H3. The van der Waals surface area contributed by atoms with Crippen LogP contribution in [0.1, 0.15) is 42.3 Å². The summed E-state index contributed by atoms with van der Waals surface area (Å²) in [7, 11) is 0. The number of aromatic hydroxyl groups is 1. The van der Waals surface area contributed by atoms with Gasteiger partial charge in [-0.2, -0.15) is 0 Å². The van der Waals surface area contributed by atoms with Crippen molar-refractivity contribution in [2.45, 2.75) is 26.2 Å². The van der Waals surface area contributed by atoms with E-state index < -0.39 is 0 Å². The van der Waals surface area contributed by atoms with Gasteiger partial charge < -0.3 is 14.6 Å². The summed E-state index contributed by atoms with van der Waals surface area (Å²) >= 11 is 0. The summed E-state index contributed by atoms with van der Waals surface area (Å²) in [6, 6.07) is 28.7. The molecule has 0 spiro atoms. The van der Waals surface area contributed by atoms with E-state index in [4.69, 9.17) is 9.47 Å². The Labute approximate surface area is 194 Å². The molecule has 4 heteroatoms. The Morgan fingerprint density at radius 1 is 0.576 bits per heavy atom. The molecule has 0 saturated carbocycles. The van der Waals surface area contributed by atoms with Crippen molar-refractivity contribution in [2.75, 3.05) is 0 Å². The van der Waals surface area contributed by atoms with Gasteiger partial charge in [-0.3, -0.25) is 4.79 Å². The van der Waals surface area contributed by atoms with Gasteiger partial charge in [0.2, 0.25) is 0 Å². The van der Waals surface area contributed by atoms with Crippen LogP contribution in [0.2, 0.25) is 0 Å². The number of ether oxygens (including phenoxy) is 2. The van der Waals surface area contributed by atoms with Crippen molar-refractivity contribution in [3.63, 3.8) is 0 Å². The fraction of sp³-hybridized carbons (Fsp3) is 0.138. The molecular weight excluding hydrogens is 412 g/mol. The van der Waals surface area contributed by atoms with E-state index in [1.165, 1.54) is 5.56 Å². The van der Waals surface area contributed by atoms with E-state index in [1.807, 2.05) is 36.4 Å². The van der Waals surface area contributed by atoms with Crippen LogP contribution in [-0.4, -0.2) is 10.9 Å². The molecule has 0 aromatic heterocycles. The summed E-state index contributed by atoms with van der Waals surface area (Å²) in [4.78, 5) is 12.8. The van der Waals surface area contributed by atoms with Gasteiger partial charge in [0.1, 0.15) is 28.7 Å². The third kappa shape index (κ3) is 5.60. The molecule has 0 saturated heterocycles. The van der Waals surface area contributed by atoms with E-state index in [0.29, 0.717) is 34.1 Å². The number of carbonyl (C=O) groups is 1. The predicted octanol–water partition coefficient (Wildman–Crippen LogP) is 7.51. The van der Waals surface area contributed by atoms with Crippen molar-refractivity contribution in [1.29, 1.82) is 0 Å². The highest BCUT2D eigenvalue weighted by atomic mass is 16.5. The van der Waals surface area contributed by atoms with Crippen LogP contribution in [0.5, 0.6) is 28.7 Å². The average molecular weight is 439 g/mol. The fourth-order valence-corrected chi connectivity index (χ4v) is 3.32. The third-order valence-corrected chi connectivity index (χ3v) is 5.26. The van der Waals surface area contributed by atoms with Gasteiger partial charge in [0.05, 0.1) is 0 Å². The molecule has 0 amide bonds. The van der Waals surface area contributed by atoms with E-state index in [0.717, 1.165) is 0 Å². The van der Waals surface area contributed by atoms with Crippen LogP contribution in [-0.2, 0) is 5.41 Å². The second kappa shape index (κ2) is 9.21. The Morgan fingerprint density at radius 3 is 1.30 bits per heavy atom. The lowest BCUT2D eigenvalue weighted by Crippen LogP contribution is -2.11. The first-order valence-corrected chi connectivity index (χ1v) is 10.8. The molecule has 0 radical (unpaired) electrons. The first-order chi connectivity index (χ1) is 15.8. The van der Waals surface area contributed by atoms with Gasteiger partial charge in [0.25, 0.3) is 0 Å². The van der Waals surface area contributed by atoms with E-state index in [1.54, 1.807) is 60.7 Å². The predicted molar refractivity (Wildman–Crippen MR) is 130 cm³/mol. The molecule has 0 heterocycles. The molecule has 0 atom stereocenters. The topological polar surface area (TPSA) is 55.8 Å². The highest BCUT2D eigenvalue weighted by Crippen LogP contribution is 2.28. The maximum atomic E-state index is 12.8. The van der Waals surface area contributed by atoms with Gasteiger partial charge in [-0.1, -0.05) is 45.0 Å². The zero-order valence-electron chi connectivity index (χ0n) is 18.9. The Balaban J connectivity index is 1.39. The van der Waals surface area contributed by atoms with E-state index in [2.05, 4.69) is 20.8 Å². The number of ketones is 1. The van der Waals surface area contributed by atoms with Crippen LogP contribution >= 0.6 is 0 Å². The van der Waals surface area contributed by atoms with Crippen molar-refractivity contribution in [1.82, 2.24) is 0 Å². The van der Waals surface area contributed by atoms with Crippen molar-refractivity contribution >= 4 is 5.78 Å². The molecule has 0 unspecified atom stereocenters. The van der Waals surface area contributed by atoms with Gasteiger partial charge in [-0.05, 0) is 83.8 Å². The second-order valence-electron chi connectivity index (χ2n) is 8.85. The van der Waals surface area contributed by atoms with Crippen molar-refractivity contribution < 1.29 is 19.4 Å². The minimum absolute atomic E-state index is 0.0160. The number of benzene rings is 4. The lowest BCUT2D eigenvalue weighted by molar-refractivity contribution is 0.103. The molecule has 0 aliphatic heterocycles. The average Bonchev–Trinajstić information content (AvgIpc) is 2.81. The van der Waals surface area contributed by atoms with Crippen molar-refractivity contribution in [3.05, 3.63) is 114 Å². The summed E-state index contributed by atoms with van der Waals surface area (Å²) in [5.74, 6) is 2.77. The molecule has 0 bridgehead atoms. The normalized spacial score (nSPS) is 11.1. The molecule has 0 fully saturated rings.